The van der Waals surface area contributed by atoms with Gasteiger partial charge in [-0.2, -0.15) is 5.26 Å². The van der Waals surface area contributed by atoms with Crippen molar-refractivity contribution in [1.82, 2.24) is 4.90 Å². The molecule has 0 aliphatic carbocycles. The van der Waals surface area contributed by atoms with E-state index in [9.17, 15) is 9.59 Å². The third-order valence-electron chi connectivity index (χ3n) is 3.57. The van der Waals surface area contributed by atoms with Crippen molar-refractivity contribution in [3.8, 4) is 6.07 Å². The van der Waals surface area contributed by atoms with Crippen LogP contribution in [0.15, 0.2) is 18.2 Å². The van der Waals surface area contributed by atoms with Crippen LogP contribution in [-0.4, -0.2) is 36.7 Å². The molecular formula is C15H16ClN3O2. The van der Waals surface area contributed by atoms with Crippen molar-refractivity contribution >= 4 is 29.5 Å². The van der Waals surface area contributed by atoms with Gasteiger partial charge in [0, 0.05) is 11.6 Å². The summed E-state index contributed by atoms with van der Waals surface area (Å²) in [6.07, 6.45) is 2.61. The fourth-order valence-corrected chi connectivity index (χ4v) is 2.56. The zero-order valence-electron chi connectivity index (χ0n) is 11.5. The second-order valence-electron chi connectivity index (χ2n) is 5.10. The van der Waals surface area contributed by atoms with Gasteiger partial charge < -0.3 is 10.1 Å². The van der Waals surface area contributed by atoms with Gasteiger partial charge in [-0.1, -0.05) is 11.6 Å². The molecule has 0 unspecified atom stereocenters. The first-order valence-electron chi connectivity index (χ1n) is 6.79. The topological polar surface area (TPSA) is 73.2 Å². The maximum Gasteiger partial charge on any atom is 0.238 e. The Morgan fingerprint density at radius 1 is 1.48 bits per heavy atom. The third-order valence-corrected chi connectivity index (χ3v) is 3.88. The highest BCUT2D eigenvalue weighted by Crippen LogP contribution is 2.20. The summed E-state index contributed by atoms with van der Waals surface area (Å²) in [5, 5.41) is 11.9. The molecule has 0 radical (unpaired) electrons. The van der Waals surface area contributed by atoms with Gasteiger partial charge in [-0.3, -0.25) is 9.69 Å². The molecule has 2 rings (SSSR count). The summed E-state index contributed by atoms with van der Waals surface area (Å²) < 4.78 is 0. The molecule has 1 aliphatic heterocycles. The van der Waals surface area contributed by atoms with Crippen molar-refractivity contribution in [3.63, 3.8) is 0 Å². The van der Waals surface area contributed by atoms with Crippen LogP contribution in [0.2, 0.25) is 5.02 Å². The van der Waals surface area contributed by atoms with Crippen LogP contribution in [-0.2, 0) is 9.59 Å². The van der Waals surface area contributed by atoms with E-state index in [1.54, 1.807) is 18.2 Å². The molecule has 0 aromatic heterocycles. The summed E-state index contributed by atoms with van der Waals surface area (Å²) in [6.45, 7) is 1.80. The fourth-order valence-electron chi connectivity index (χ4n) is 2.33. The number of carbonyl (C=O) groups excluding carboxylic acids is 2. The monoisotopic (exact) mass is 305 g/mol. The molecule has 1 aromatic rings. The summed E-state index contributed by atoms with van der Waals surface area (Å²) in [4.78, 5) is 24.7. The van der Waals surface area contributed by atoms with Crippen molar-refractivity contribution in [3.05, 3.63) is 28.8 Å². The maximum absolute atomic E-state index is 12.0. The molecule has 21 heavy (non-hydrogen) atoms. The normalized spacial score (nSPS) is 16.2. The van der Waals surface area contributed by atoms with E-state index in [2.05, 4.69) is 5.32 Å². The number of aldehydes is 1. The highest BCUT2D eigenvalue weighted by molar-refractivity contribution is 6.32. The predicted octanol–water partition coefficient (Wildman–Crippen LogP) is 2.06. The van der Waals surface area contributed by atoms with E-state index >= 15 is 0 Å². The number of benzene rings is 1. The number of likely N-dealkylation sites (tertiary alicyclic amines) is 1. The highest BCUT2D eigenvalue weighted by atomic mass is 35.5. The third kappa shape index (κ3) is 4.28. The standard InChI is InChI=1S/C15H16ClN3O2/c16-14-7-13(2-1-12(14)8-17)18-15(21)9-19-5-3-11(10-20)4-6-19/h1-2,7,10-11H,3-6,9H2,(H,18,21). The molecule has 0 saturated carbocycles. The zero-order valence-corrected chi connectivity index (χ0v) is 12.3. The number of carbonyl (C=O) groups is 2. The average Bonchev–Trinajstić information content (AvgIpc) is 2.48. The lowest BCUT2D eigenvalue weighted by molar-refractivity contribution is -0.117. The van der Waals surface area contributed by atoms with Crippen LogP contribution < -0.4 is 5.32 Å². The van der Waals surface area contributed by atoms with Gasteiger partial charge in [0.2, 0.25) is 5.91 Å². The number of halogens is 1. The summed E-state index contributed by atoms with van der Waals surface area (Å²) in [5.41, 5.74) is 0.956. The summed E-state index contributed by atoms with van der Waals surface area (Å²) in [6, 6.07) is 6.77. The Bertz CT molecular complexity index is 575. The molecule has 1 N–H and O–H groups in total. The van der Waals surface area contributed by atoms with E-state index in [1.165, 1.54) is 0 Å². The highest BCUT2D eigenvalue weighted by Gasteiger charge is 2.20. The lowest BCUT2D eigenvalue weighted by Crippen LogP contribution is -2.39. The first kappa shape index (κ1) is 15.5. The first-order chi connectivity index (χ1) is 10.1. The summed E-state index contributed by atoms with van der Waals surface area (Å²) >= 11 is 5.92. The van der Waals surface area contributed by atoms with E-state index in [4.69, 9.17) is 16.9 Å². The summed E-state index contributed by atoms with van der Waals surface area (Å²) in [5.74, 6) is 0.00183. The smallest absolute Gasteiger partial charge is 0.238 e. The van der Waals surface area contributed by atoms with Gasteiger partial charge in [-0.25, -0.2) is 0 Å². The van der Waals surface area contributed by atoms with Crippen LogP contribution in [0, 0.1) is 17.2 Å². The van der Waals surface area contributed by atoms with Crippen LogP contribution in [0.25, 0.3) is 0 Å². The van der Waals surface area contributed by atoms with Crippen LogP contribution in [0.1, 0.15) is 18.4 Å². The number of nitriles is 1. The Hall–Kier alpha value is -1.90. The minimum atomic E-state index is -0.125. The first-order valence-corrected chi connectivity index (χ1v) is 7.17. The van der Waals surface area contributed by atoms with Crippen molar-refractivity contribution in [1.29, 1.82) is 5.26 Å². The number of nitrogens with zero attached hydrogens (tertiary/aromatic N) is 2. The molecule has 0 atom stereocenters. The molecule has 1 heterocycles. The number of anilines is 1. The lowest BCUT2D eigenvalue weighted by Gasteiger charge is -2.28. The van der Waals surface area contributed by atoms with Gasteiger partial charge in [0.25, 0.3) is 0 Å². The van der Waals surface area contributed by atoms with Gasteiger partial charge in [-0.15, -0.1) is 0 Å². The number of hydrogen-bond donors (Lipinski definition) is 1. The fraction of sp³-hybridized carbons (Fsp3) is 0.400. The minimum absolute atomic E-state index is 0.125. The van der Waals surface area contributed by atoms with Crippen LogP contribution >= 0.6 is 11.6 Å². The molecule has 0 bridgehead atoms. The van der Waals surface area contributed by atoms with Gasteiger partial charge in [0.05, 0.1) is 17.1 Å². The van der Waals surface area contributed by atoms with Gasteiger partial charge >= 0.3 is 0 Å². The van der Waals surface area contributed by atoms with Crippen LogP contribution in [0.5, 0.6) is 0 Å². The largest absolute Gasteiger partial charge is 0.325 e. The molecule has 0 spiro atoms. The second-order valence-corrected chi connectivity index (χ2v) is 5.51. The van der Waals surface area contributed by atoms with E-state index < -0.39 is 0 Å². The maximum atomic E-state index is 12.0. The molecule has 5 nitrogen and oxygen atoms in total. The van der Waals surface area contributed by atoms with E-state index in [0.29, 0.717) is 22.8 Å². The Labute approximate surface area is 128 Å². The molecule has 1 amide bonds. The molecular weight excluding hydrogens is 290 g/mol. The second kappa shape index (κ2) is 7.21. The summed E-state index contributed by atoms with van der Waals surface area (Å²) in [7, 11) is 0. The Morgan fingerprint density at radius 2 is 2.19 bits per heavy atom. The molecule has 1 fully saturated rings. The predicted molar refractivity (Wildman–Crippen MR) is 80.0 cm³/mol. The van der Waals surface area contributed by atoms with Crippen LogP contribution in [0.3, 0.4) is 0 Å². The lowest BCUT2D eigenvalue weighted by atomic mass is 9.99. The van der Waals surface area contributed by atoms with Crippen molar-refractivity contribution in [2.75, 3.05) is 25.0 Å². The molecule has 1 aliphatic rings. The Kier molecular flexibility index (Phi) is 5.32. The Balaban J connectivity index is 1.86. The molecule has 6 heteroatoms. The van der Waals surface area contributed by atoms with Crippen molar-refractivity contribution < 1.29 is 9.59 Å². The molecule has 1 aromatic carbocycles. The number of amides is 1. The number of nitrogens with one attached hydrogen (secondary N) is 1. The van der Waals surface area contributed by atoms with Gasteiger partial charge in [0.1, 0.15) is 12.4 Å². The SMILES string of the molecule is N#Cc1ccc(NC(=O)CN2CCC(C=O)CC2)cc1Cl. The van der Waals surface area contributed by atoms with Gasteiger partial charge in [-0.05, 0) is 44.1 Å². The van der Waals surface area contributed by atoms with E-state index in [1.807, 2.05) is 11.0 Å². The van der Waals surface area contributed by atoms with Crippen molar-refractivity contribution in [2.24, 2.45) is 5.92 Å². The molecule has 1 saturated heterocycles. The number of piperidine rings is 1. The minimum Gasteiger partial charge on any atom is -0.325 e. The zero-order chi connectivity index (χ0) is 15.2. The number of hydrogen-bond acceptors (Lipinski definition) is 4. The van der Waals surface area contributed by atoms with E-state index in [0.717, 1.165) is 32.2 Å². The van der Waals surface area contributed by atoms with Crippen LogP contribution in [0.4, 0.5) is 5.69 Å². The quantitative estimate of drug-likeness (QED) is 0.864. The Morgan fingerprint density at radius 3 is 2.76 bits per heavy atom. The average molecular weight is 306 g/mol. The molecule has 110 valence electrons. The van der Waals surface area contributed by atoms with E-state index in [-0.39, 0.29) is 11.8 Å². The van der Waals surface area contributed by atoms with Crippen molar-refractivity contribution in [2.45, 2.75) is 12.8 Å². The van der Waals surface area contributed by atoms with Gasteiger partial charge in [0.15, 0.2) is 0 Å². The number of rotatable bonds is 4.